The van der Waals surface area contributed by atoms with Crippen molar-refractivity contribution < 1.29 is 0 Å². The molecule has 600 valence electrons. The lowest BCUT2D eigenvalue weighted by molar-refractivity contribution is 1.24. The first-order valence-corrected chi connectivity index (χ1v) is 44.7. The minimum atomic E-state index is 0.992. The van der Waals surface area contributed by atoms with Gasteiger partial charge in [-0.25, -0.2) is 15.0 Å². The van der Waals surface area contributed by atoms with Crippen LogP contribution in [0.3, 0.4) is 0 Å². The third-order valence-corrected chi connectivity index (χ3v) is 21.9. The van der Waals surface area contributed by atoms with Crippen LogP contribution >= 0.6 is 0 Å². The topological polar surface area (TPSA) is 51.9 Å². The fourth-order valence-electron chi connectivity index (χ4n) is 18.0. The van der Waals surface area contributed by atoms with Crippen molar-refractivity contribution in [3.63, 3.8) is 0 Å². The summed E-state index contributed by atoms with van der Waals surface area (Å²) in [7, 11) is 0. The van der Waals surface area contributed by atoms with Crippen LogP contribution in [0.2, 0.25) is 0 Å². The lowest BCUT2D eigenvalue weighted by atomic mass is 9.92. The fourth-order valence-corrected chi connectivity index (χ4v) is 18.0. The van der Waals surface area contributed by atoms with E-state index in [9.17, 15) is 0 Å². The van der Waals surface area contributed by atoms with Gasteiger partial charge >= 0.3 is 0 Å². The average Bonchev–Trinajstić information content (AvgIpc) is 1.59. The van der Waals surface area contributed by atoms with E-state index >= 15 is 0 Å². The van der Waals surface area contributed by atoms with E-state index in [0.29, 0.717) is 0 Å². The van der Waals surface area contributed by atoms with Crippen LogP contribution in [0.1, 0.15) is 233 Å². The minimum absolute atomic E-state index is 0.992. The van der Waals surface area contributed by atoms with Crippen molar-refractivity contribution in [2.24, 2.45) is 0 Å². The summed E-state index contributed by atoms with van der Waals surface area (Å²) in [6.45, 7) is 48.0. The molecule has 18 aromatic rings. The number of rotatable bonds is 0. The van der Waals surface area contributed by atoms with Crippen LogP contribution in [0.5, 0.6) is 0 Å². The lowest BCUT2D eigenvalue weighted by Crippen LogP contribution is -1.96. The van der Waals surface area contributed by atoms with Gasteiger partial charge in [-0.15, -0.1) is 0 Å². The number of imidazole rings is 3. The van der Waals surface area contributed by atoms with Crippen molar-refractivity contribution in [1.82, 2.24) is 28.2 Å². The second-order valence-corrected chi connectivity index (χ2v) is 26.4. The number of fused-ring (bicyclic) bond motifs is 41. The van der Waals surface area contributed by atoms with Gasteiger partial charge < -0.3 is 0 Å². The molecular formula is C111H126N6. The third kappa shape index (κ3) is 15.0. The highest BCUT2D eigenvalue weighted by molar-refractivity contribution is 6.24. The van der Waals surface area contributed by atoms with E-state index in [1.807, 2.05) is 185 Å². The van der Waals surface area contributed by atoms with Gasteiger partial charge in [-0.2, -0.15) is 0 Å². The molecule has 6 aliphatic carbocycles. The summed E-state index contributed by atoms with van der Waals surface area (Å²) in [5, 5.41) is 11.9. The van der Waals surface area contributed by atoms with Crippen LogP contribution in [0.15, 0.2) is 256 Å². The summed E-state index contributed by atoms with van der Waals surface area (Å²) >= 11 is 0. The molecule has 6 aromatic heterocycles. The molecule has 0 bridgehead atoms. The van der Waals surface area contributed by atoms with Gasteiger partial charge in [0.2, 0.25) is 0 Å². The molecule has 0 unspecified atom stereocenters. The minimum Gasteiger partial charge on any atom is -0.299 e. The Morgan fingerprint density at radius 2 is 0.479 bits per heavy atom. The van der Waals surface area contributed by atoms with E-state index in [1.165, 1.54) is 199 Å². The molecule has 0 fully saturated rings. The Labute approximate surface area is 699 Å². The number of hydrogen-bond acceptors (Lipinski definition) is 3. The Bertz CT molecular complexity index is 6440. The molecular weight excluding hydrogens is 1420 g/mol. The van der Waals surface area contributed by atoms with Crippen LogP contribution in [0, 0.1) is 0 Å². The summed E-state index contributed by atoms with van der Waals surface area (Å²) < 4.78 is 6.86. The zero-order valence-corrected chi connectivity index (χ0v) is 74.7. The summed E-state index contributed by atoms with van der Waals surface area (Å²) in [6, 6.07) is 81.1. The Hall–Kier alpha value is -11.7. The van der Waals surface area contributed by atoms with Crippen molar-refractivity contribution >= 4 is 82.0 Å². The molecule has 6 heterocycles. The van der Waals surface area contributed by atoms with E-state index < -0.39 is 0 Å². The van der Waals surface area contributed by atoms with E-state index in [1.54, 1.807) is 0 Å². The number of aromatic nitrogens is 6. The summed E-state index contributed by atoms with van der Waals surface area (Å²) in [5.41, 5.74) is 40.5. The molecule has 0 saturated carbocycles. The molecule has 0 saturated heterocycles. The lowest BCUT2D eigenvalue weighted by Gasteiger charge is -2.16. The Balaban J connectivity index is 0.000000164. The van der Waals surface area contributed by atoms with Gasteiger partial charge in [-0.1, -0.05) is 354 Å². The zero-order valence-electron chi connectivity index (χ0n) is 74.7. The first-order chi connectivity index (χ1) is 58.1. The monoisotopic (exact) mass is 1540 g/mol. The van der Waals surface area contributed by atoms with Crippen LogP contribution in [0.25, 0.3) is 149 Å². The Morgan fingerprint density at radius 1 is 0.197 bits per heavy atom. The fraction of sp³-hybridized carbons (Fsp3) is 0.270. The largest absolute Gasteiger partial charge is 0.299 e. The van der Waals surface area contributed by atoms with Gasteiger partial charge in [0.25, 0.3) is 0 Å². The standard InChI is InChI=1S/3C29H18N2.12C2H6/c1-3-7-20-18(6-1)16-24-22(20)11-12-25-27(24)23-10-9-19-15-17-5-2-4-8-21(17)26(19)28(23)29-30-13-14-31(25)29;1-3-7-21-17(5-1)16-20-10-12-24-27(25(20)21)23-11-9-19-15-18-6-2-4-8-22(18)26(19)28(23)29-30-13-14-31(24)29;1-3-7-21-17(5-1)14-20-15-24-25(16-23(20)21)29-30-11-12-31(29)26-10-9-19-13-18-6-2-4-8-22(18)27(19)28(24)26;12*1-2/h2*1-14H,15-16H2;1-12,15-16H,13-14H2;12*1-2H3. The van der Waals surface area contributed by atoms with Gasteiger partial charge in [-0.05, 0) is 219 Å². The summed E-state index contributed by atoms with van der Waals surface area (Å²) in [6.07, 6.45) is 18.2. The first-order valence-electron chi connectivity index (χ1n) is 44.7. The summed E-state index contributed by atoms with van der Waals surface area (Å²) in [5.74, 6) is 0. The van der Waals surface area contributed by atoms with Crippen molar-refractivity contribution in [3.05, 3.63) is 322 Å². The molecule has 0 spiro atoms. The molecule has 0 amide bonds. The van der Waals surface area contributed by atoms with Crippen molar-refractivity contribution in [3.8, 4) is 66.8 Å². The van der Waals surface area contributed by atoms with E-state index in [2.05, 4.69) is 250 Å². The van der Waals surface area contributed by atoms with Crippen LogP contribution in [0.4, 0.5) is 0 Å². The highest BCUT2D eigenvalue weighted by atomic mass is 15.0. The van der Waals surface area contributed by atoms with Crippen LogP contribution in [-0.4, -0.2) is 28.2 Å². The second kappa shape index (κ2) is 40.7. The quantitative estimate of drug-likeness (QED) is 0.142. The van der Waals surface area contributed by atoms with E-state index in [0.717, 1.165) is 55.5 Å². The predicted octanol–water partition coefficient (Wildman–Crippen LogP) is 32.7. The second-order valence-electron chi connectivity index (χ2n) is 26.4. The highest BCUT2D eigenvalue weighted by Crippen LogP contribution is 2.52. The van der Waals surface area contributed by atoms with Gasteiger partial charge in [0.15, 0.2) is 0 Å². The molecule has 6 heteroatoms. The zero-order chi connectivity index (χ0) is 84.3. The van der Waals surface area contributed by atoms with Crippen molar-refractivity contribution in [2.75, 3.05) is 0 Å². The predicted molar refractivity (Wildman–Crippen MR) is 516 cm³/mol. The summed E-state index contributed by atoms with van der Waals surface area (Å²) in [4.78, 5) is 14.5. The van der Waals surface area contributed by atoms with E-state index in [4.69, 9.17) is 15.0 Å². The first kappa shape index (κ1) is 87.7. The molecule has 0 radical (unpaired) electrons. The Kier molecular flexibility index (Phi) is 30.5. The van der Waals surface area contributed by atoms with Gasteiger partial charge in [0, 0.05) is 69.5 Å². The van der Waals surface area contributed by atoms with Crippen molar-refractivity contribution in [1.29, 1.82) is 0 Å². The average molecular weight is 1540 g/mol. The van der Waals surface area contributed by atoms with Crippen LogP contribution in [-0.2, 0) is 38.5 Å². The number of benzene rings is 12. The van der Waals surface area contributed by atoms with Gasteiger partial charge in [0.05, 0.1) is 16.6 Å². The molecule has 0 aliphatic heterocycles. The number of hydrogen-bond donors (Lipinski definition) is 0. The van der Waals surface area contributed by atoms with Gasteiger partial charge in [-0.3, -0.25) is 13.2 Å². The molecule has 0 atom stereocenters. The SMILES string of the molecule is CC.CC.CC.CC.CC.CC.CC.CC.CC.CC.CC.CC.c1ccc2c(c1)Cc1c-2ccc2c1c1ccc3c(c1c1nccn21)-c1ccccc1C3.c1ccc2c(c1)Cc1cc3c(cc1-2)c1nccn1c1ccc2c(c31)-c1ccccc1C2.c1ccc2c(c1)Cc1ccc3c(c1-2)c1ccc2c(c1c1nccn31)-c1ccccc1C2. The number of pyridine rings is 3. The highest BCUT2D eigenvalue weighted by Gasteiger charge is 2.31. The molecule has 24 rings (SSSR count). The van der Waals surface area contributed by atoms with Crippen molar-refractivity contribution in [2.45, 2.75) is 205 Å². The molecule has 12 aromatic carbocycles. The normalized spacial score (nSPS) is 11.4. The smallest absolute Gasteiger partial charge is 0.145 e. The van der Waals surface area contributed by atoms with Gasteiger partial charge in [0.1, 0.15) is 16.9 Å². The number of nitrogens with zero attached hydrogens (tertiary/aromatic N) is 6. The molecule has 6 nitrogen and oxygen atoms in total. The third-order valence-electron chi connectivity index (χ3n) is 21.9. The molecule has 0 N–H and O–H groups in total. The van der Waals surface area contributed by atoms with Crippen LogP contribution < -0.4 is 0 Å². The maximum Gasteiger partial charge on any atom is 0.145 e. The maximum atomic E-state index is 4.85. The molecule has 117 heavy (non-hydrogen) atoms. The maximum absolute atomic E-state index is 4.85. The van der Waals surface area contributed by atoms with E-state index in [-0.39, 0.29) is 0 Å². The molecule has 6 aliphatic rings. The Morgan fingerprint density at radius 3 is 0.880 bits per heavy atom.